The van der Waals surface area contributed by atoms with Crippen molar-refractivity contribution in [3.8, 4) is 0 Å². The van der Waals surface area contributed by atoms with E-state index in [0.717, 1.165) is 25.7 Å². The molecular weight excluding hydrogens is 397 g/mol. The molecule has 0 aromatic heterocycles. The summed E-state index contributed by atoms with van der Waals surface area (Å²) in [6.07, 6.45) is -1.36. The maximum atomic E-state index is 13.0. The highest BCUT2D eigenvalue weighted by molar-refractivity contribution is 5.80. The van der Waals surface area contributed by atoms with Gasteiger partial charge >= 0.3 is 6.18 Å². The molecule has 1 aliphatic carbocycles. The molecule has 2 aliphatic rings. The fourth-order valence-electron chi connectivity index (χ4n) is 3.95. The fraction of sp³-hybridized carbons (Fsp3) is 0.588. The normalized spacial score (nSPS) is 18.2. The Morgan fingerprint density at radius 2 is 1.45 bits per heavy atom. The van der Waals surface area contributed by atoms with Crippen molar-refractivity contribution in [2.24, 2.45) is 5.92 Å². The van der Waals surface area contributed by atoms with Gasteiger partial charge in [-0.25, -0.2) is 0 Å². The summed E-state index contributed by atoms with van der Waals surface area (Å²) in [4.78, 5) is 36.1. The van der Waals surface area contributed by atoms with Crippen molar-refractivity contribution in [2.45, 2.75) is 31.9 Å². The molecule has 29 heavy (non-hydrogen) atoms. The van der Waals surface area contributed by atoms with Crippen molar-refractivity contribution < 1.29 is 27.8 Å². The predicted molar refractivity (Wildman–Crippen MR) is 95.5 cm³/mol. The number of anilines is 1. The third kappa shape index (κ3) is 4.25. The van der Waals surface area contributed by atoms with Crippen LogP contribution in [-0.2, 0) is 11.0 Å². The van der Waals surface area contributed by atoms with E-state index in [9.17, 15) is 38.2 Å². The molecule has 0 atom stereocenters. The van der Waals surface area contributed by atoms with Crippen LogP contribution in [0.25, 0.3) is 0 Å². The van der Waals surface area contributed by atoms with E-state index in [2.05, 4.69) is 0 Å². The molecule has 0 bridgehead atoms. The highest BCUT2D eigenvalue weighted by Gasteiger charge is 2.40. The van der Waals surface area contributed by atoms with Gasteiger partial charge in [0.15, 0.2) is 5.69 Å². The van der Waals surface area contributed by atoms with E-state index in [1.807, 2.05) is 0 Å². The number of benzene rings is 1. The molecule has 0 unspecified atom stereocenters. The van der Waals surface area contributed by atoms with Gasteiger partial charge in [-0.2, -0.15) is 13.2 Å². The molecule has 158 valence electrons. The summed E-state index contributed by atoms with van der Waals surface area (Å²) in [5, 5.41) is 22.8. The molecule has 0 spiro atoms. The van der Waals surface area contributed by atoms with E-state index >= 15 is 0 Å². The van der Waals surface area contributed by atoms with Crippen LogP contribution in [0.4, 0.5) is 30.2 Å². The zero-order valence-electron chi connectivity index (χ0n) is 15.4. The molecule has 1 aromatic carbocycles. The first kappa shape index (κ1) is 20.8. The number of carbonyl (C=O) groups is 1. The number of nitrogens with zero attached hydrogens (tertiary/aromatic N) is 4. The number of piperazine rings is 1. The third-order valence-corrected chi connectivity index (χ3v) is 5.40. The van der Waals surface area contributed by atoms with Crippen LogP contribution >= 0.6 is 0 Å². The minimum absolute atomic E-state index is 0.00133. The molecule has 1 heterocycles. The summed E-state index contributed by atoms with van der Waals surface area (Å²) in [5.74, 6) is -0.0464. The molecule has 1 saturated heterocycles. The maximum absolute atomic E-state index is 13.0. The van der Waals surface area contributed by atoms with Gasteiger partial charge in [0, 0.05) is 44.2 Å². The van der Waals surface area contributed by atoms with E-state index in [-0.39, 0.29) is 38.0 Å². The monoisotopic (exact) mass is 416 g/mol. The molecule has 1 aromatic rings. The first-order valence-electron chi connectivity index (χ1n) is 9.17. The quantitative estimate of drug-likeness (QED) is 0.550. The van der Waals surface area contributed by atoms with Crippen LogP contribution in [0.5, 0.6) is 0 Å². The van der Waals surface area contributed by atoms with Crippen LogP contribution in [0.15, 0.2) is 12.1 Å². The van der Waals surface area contributed by atoms with Gasteiger partial charge in [-0.05, 0) is 12.8 Å². The van der Waals surface area contributed by atoms with Crippen molar-refractivity contribution in [2.75, 3.05) is 31.1 Å². The number of amides is 1. The fourth-order valence-corrected chi connectivity index (χ4v) is 3.95. The van der Waals surface area contributed by atoms with Gasteiger partial charge in [0.1, 0.15) is 0 Å². The summed E-state index contributed by atoms with van der Waals surface area (Å²) >= 11 is 0. The first-order valence-corrected chi connectivity index (χ1v) is 9.17. The number of alkyl halides is 3. The molecule has 1 aliphatic heterocycles. The van der Waals surface area contributed by atoms with Crippen molar-refractivity contribution in [1.82, 2.24) is 4.90 Å². The predicted octanol–water partition coefficient (Wildman–Crippen LogP) is 3.36. The largest absolute Gasteiger partial charge is 0.416 e. The Labute approximate surface area is 163 Å². The zero-order chi connectivity index (χ0) is 21.3. The number of rotatable bonds is 4. The van der Waals surface area contributed by atoms with Crippen LogP contribution in [0, 0.1) is 26.1 Å². The number of hydrogen-bond acceptors (Lipinski definition) is 6. The van der Waals surface area contributed by atoms with Gasteiger partial charge in [-0.1, -0.05) is 12.8 Å². The second-order valence-electron chi connectivity index (χ2n) is 7.17. The number of halogens is 3. The summed E-state index contributed by atoms with van der Waals surface area (Å²) in [6.45, 7) is 0.520. The van der Waals surface area contributed by atoms with Crippen molar-refractivity contribution in [3.63, 3.8) is 0 Å². The summed E-state index contributed by atoms with van der Waals surface area (Å²) in [5.41, 5.74) is -3.85. The molecule has 1 saturated carbocycles. The lowest BCUT2D eigenvalue weighted by Gasteiger charge is -2.36. The molecule has 2 fully saturated rings. The lowest BCUT2D eigenvalue weighted by atomic mass is 10.1. The molecule has 0 radical (unpaired) electrons. The van der Waals surface area contributed by atoms with E-state index < -0.39 is 38.6 Å². The Morgan fingerprint density at radius 3 is 1.86 bits per heavy atom. The summed E-state index contributed by atoms with van der Waals surface area (Å²) in [6, 6.07) is 0.636. The first-order chi connectivity index (χ1) is 13.6. The van der Waals surface area contributed by atoms with Gasteiger partial charge in [-0.3, -0.25) is 25.0 Å². The topological polar surface area (TPSA) is 110 Å². The molecule has 12 heteroatoms. The van der Waals surface area contributed by atoms with Gasteiger partial charge < -0.3 is 9.80 Å². The van der Waals surface area contributed by atoms with E-state index in [0.29, 0.717) is 12.1 Å². The lowest BCUT2D eigenvalue weighted by Crippen LogP contribution is -2.50. The van der Waals surface area contributed by atoms with Gasteiger partial charge in [0.05, 0.1) is 15.4 Å². The van der Waals surface area contributed by atoms with Crippen LogP contribution < -0.4 is 4.90 Å². The lowest BCUT2D eigenvalue weighted by molar-refractivity contribution is -0.393. The highest BCUT2D eigenvalue weighted by atomic mass is 19.4. The summed E-state index contributed by atoms with van der Waals surface area (Å²) in [7, 11) is 0. The molecule has 0 N–H and O–H groups in total. The zero-order valence-corrected chi connectivity index (χ0v) is 15.4. The van der Waals surface area contributed by atoms with Gasteiger partial charge in [-0.15, -0.1) is 0 Å². The van der Waals surface area contributed by atoms with Crippen LogP contribution in [0.3, 0.4) is 0 Å². The highest BCUT2D eigenvalue weighted by Crippen LogP contribution is 2.43. The van der Waals surface area contributed by atoms with Crippen molar-refractivity contribution in [1.29, 1.82) is 0 Å². The molecule has 1 amide bonds. The van der Waals surface area contributed by atoms with E-state index in [1.54, 1.807) is 4.90 Å². The Kier molecular flexibility index (Phi) is 5.62. The second-order valence-corrected chi connectivity index (χ2v) is 7.17. The smallest absolute Gasteiger partial charge is 0.357 e. The Balaban J connectivity index is 1.89. The molecular formula is C17H19F3N4O5. The van der Waals surface area contributed by atoms with E-state index in [4.69, 9.17) is 0 Å². The minimum atomic E-state index is -4.96. The number of nitro groups is 2. The SMILES string of the molecule is O=C(C1CCCC1)N1CCN(c2c([N+](=O)[O-])cc(C(F)(F)F)cc2[N+](=O)[O-])CC1. The van der Waals surface area contributed by atoms with Crippen LogP contribution in [-0.4, -0.2) is 46.8 Å². The second kappa shape index (κ2) is 7.84. The van der Waals surface area contributed by atoms with Gasteiger partial charge in [0.2, 0.25) is 5.91 Å². The number of carbonyl (C=O) groups excluding carboxylic acids is 1. The molecule has 3 rings (SSSR count). The Hall–Kier alpha value is -2.92. The third-order valence-electron chi connectivity index (χ3n) is 5.40. The summed E-state index contributed by atoms with van der Waals surface area (Å²) < 4.78 is 39.1. The number of nitro benzene ring substituents is 2. The standard InChI is InChI=1S/C17H19F3N4O5/c18-17(19,20)12-9-13(23(26)27)15(14(10-12)24(28)29)21-5-7-22(8-6-21)16(25)11-3-1-2-4-11/h9-11H,1-8H2. The average molecular weight is 416 g/mol. The van der Waals surface area contributed by atoms with E-state index in [1.165, 1.54) is 4.90 Å². The minimum Gasteiger partial charge on any atom is -0.357 e. The number of hydrogen-bond donors (Lipinski definition) is 0. The van der Waals surface area contributed by atoms with Gasteiger partial charge in [0.25, 0.3) is 11.4 Å². The van der Waals surface area contributed by atoms with Crippen molar-refractivity contribution >= 4 is 23.0 Å². The average Bonchev–Trinajstić information content (AvgIpc) is 3.20. The van der Waals surface area contributed by atoms with Crippen molar-refractivity contribution in [3.05, 3.63) is 37.9 Å². The Bertz CT molecular complexity index is 796. The van der Waals surface area contributed by atoms with Crippen LogP contribution in [0.2, 0.25) is 0 Å². The Morgan fingerprint density at radius 1 is 0.966 bits per heavy atom. The van der Waals surface area contributed by atoms with Crippen LogP contribution in [0.1, 0.15) is 31.2 Å². The molecule has 9 nitrogen and oxygen atoms in total. The maximum Gasteiger partial charge on any atom is 0.416 e.